The molecule has 3 aromatic carbocycles. The summed E-state index contributed by atoms with van der Waals surface area (Å²) in [6.07, 6.45) is 0.527. The number of likely N-dealkylation sites (N-methyl/N-ethyl adjacent to an activating group) is 1. The highest BCUT2D eigenvalue weighted by Crippen LogP contribution is 2.33. The number of anilines is 2. The number of nitrogens with zero attached hydrogens (tertiary/aromatic N) is 2. The molecule has 7 nitrogen and oxygen atoms in total. The molecule has 2 N–H and O–H groups in total. The Hall–Kier alpha value is -3.68. The molecule has 1 unspecified atom stereocenters. The first-order valence-electron chi connectivity index (χ1n) is 11.4. The van der Waals surface area contributed by atoms with Gasteiger partial charge in [0.15, 0.2) is 0 Å². The standard InChI is InChI=1S/C27H22Cl2N4O3/c1-30-24(34)14-33-23-11-17(7-6-16(23)12-25(33)35)26-19-13-18(28)8-9-21(19)32-27(36)22(31-26)10-15-4-2-3-5-20(15)29/h2-9,11,13,22H,10,12,14H2,1H3,(H,30,34)(H,32,36). The second-order valence-corrected chi connectivity index (χ2v) is 9.49. The Balaban J connectivity index is 1.62. The number of aliphatic imine (C=N–C) groups is 1. The van der Waals surface area contributed by atoms with Gasteiger partial charge in [0.05, 0.1) is 17.8 Å². The van der Waals surface area contributed by atoms with Crippen LogP contribution in [-0.2, 0) is 27.2 Å². The fraction of sp³-hybridized carbons (Fsp3) is 0.185. The van der Waals surface area contributed by atoms with Crippen molar-refractivity contribution >= 4 is 58.0 Å². The molecule has 2 heterocycles. The summed E-state index contributed by atoms with van der Waals surface area (Å²) in [5, 5.41) is 6.59. The third kappa shape index (κ3) is 4.59. The van der Waals surface area contributed by atoms with E-state index in [-0.39, 0.29) is 30.7 Å². The van der Waals surface area contributed by atoms with Gasteiger partial charge in [-0.25, -0.2) is 0 Å². The van der Waals surface area contributed by atoms with E-state index in [0.717, 1.165) is 11.1 Å². The van der Waals surface area contributed by atoms with Gasteiger partial charge in [0.1, 0.15) is 12.6 Å². The fourth-order valence-corrected chi connectivity index (χ4v) is 4.85. The van der Waals surface area contributed by atoms with Crippen LogP contribution in [0.25, 0.3) is 0 Å². The van der Waals surface area contributed by atoms with Gasteiger partial charge in [0.2, 0.25) is 17.7 Å². The molecule has 5 rings (SSSR count). The van der Waals surface area contributed by atoms with E-state index in [0.29, 0.717) is 44.7 Å². The SMILES string of the molecule is CNC(=O)CN1C(=O)Cc2ccc(C3=NC(Cc4ccccc4Cl)C(=O)Nc4ccc(Cl)cc43)cc21. The number of nitrogens with one attached hydrogen (secondary N) is 2. The van der Waals surface area contributed by atoms with Gasteiger partial charge in [-0.05, 0) is 41.5 Å². The van der Waals surface area contributed by atoms with Gasteiger partial charge in [-0.1, -0.05) is 53.5 Å². The largest absolute Gasteiger partial charge is 0.358 e. The lowest BCUT2D eigenvalue weighted by molar-refractivity contribution is -0.122. The van der Waals surface area contributed by atoms with Crippen LogP contribution in [0.3, 0.4) is 0 Å². The molecule has 0 fully saturated rings. The topological polar surface area (TPSA) is 90.9 Å². The van der Waals surface area contributed by atoms with Gasteiger partial charge in [0.25, 0.3) is 0 Å². The lowest BCUT2D eigenvalue weighted by Crippen LogP contribution is -2.37. The monoisotopic (exact) mass is 520 g/mol. The molecule has 3 amide bonds. The van der Waals surface area contributed by atoms with Crippen molar-refractivity contribution in [3.05, 3.63) is 93.0 Å². The number of amides is 3. The zero-order valence-corrected chi connectivity index (χ0v) is 20.9. The maximum atomic E-state index is 13.2. The molecule has 1 atom stereocenters. The summed E-state index contributed by atoms with van der Waals surface area (Å²) in [7, 11) is 1.53. The Morgan fingerprint density at radius 2 is 1.92 bits per heavy atom. The van der Waals surface area contributed by atoms with Crippen LogP contribution >= 0.6 is 23.2 Å². The van der Waals surface area contributed by atoms with E-state index >= 15 is 0 Å². The van der Waals surface area contributed by atoms with Crippen molar-refractivity contribution in [2.24, 2.45) is 4.99 Å². The number of hydrogen-bond acceptors (Lipinski definition) is 4. The van der Waals surface area contributed by atoms with E-state index in [1.165, 1.54) is 11.9 Å². The number of rotatable bonds is 5. The van der Waals surface area contributed by atoms with Crippen molar-refractivity contribution < 1.29 is 14.4 Å². The Bertz CT molecular complexity index is 1440. The minimum atomic E-state index is -0.747. The maximum absolute atomic E-state index is 13.2. The number of carbonyl (C=O) groups is 3. The number of halogens is 2. The average Bonchev–Trinajstić information content (AvgIpc) is 3.10. The zero-order valence-electron chi connectivity index (χ0n) is 19.3. The third-order valence-electron chi connectivity index (χ3n) is 6.33. The summed E-state index contributed by atoms with van der Waals surface area (Å²) in [4.78, 5) is 44.2. The summed E-state index contributed by atoms with van der Waals surface area (Å²) in [5.41, 5.74) is 4.80. The van der Waals surface area contributed by atoms with Gasteiger partial charge < -0.3 is 15.5 Å². The van der Waals surface area contributed by atoms with Gasteiger partial charge in [0, 0.05) is 40.3 Å². The molecular formula is C27H22Cl2N4O3. The molecule has 0 aromatic heterocycles. The zero-order chi connectivity index (χ0) is 25.4. The van der Waals surface area contributed by atoms with E-state index in [1.54, 1.807) is 24.3 Å². The summed E-state index contributed by atoms with van der Waals surface area (Å²) < 4.78 is 0. The second-order valence-electron chi connectivity index (χ2n) is 8.64. The van der Waals surface area contributed by atoms with E-state index in [9.17, 15) is 14.4 Å². The van der Waals surface area contributed by atoms with E-state index in [2.05, 4.69) is 10.6 Å². The molecule has 3 aromatic rings. The minimum Gasteiger partial charge on any atom is -0.358 e. The van der Waals surface area contributed by atoms with E-state index < -0.39 is 6.04 Å². The maximum Gasteiger partial charge on any atom is 0.249 e. The number of benzodiazepines with no additional fused rings is 1. The highest BCUT2D eigenvalue weighted by atomic mass is 35.5. The van der Waals surface area contributed by atoms with Gasteiger partial charge in [-0.15, -0.1) is 0 Å². The van der Waals surface area contributed by atoms with Crippen LogP contribution in [0, 0.1) is 0 Å². The summed E-state index contributed by atoms with van der Waals surface area (Å²) >= 11 is 12.7. The van der Waals surface area contributed by atoms with Crippen LogP contribution in [-0.4, -0.2) is 43.1 Å². The Morgan fingerprint density at radius 1 is 1.11 bits per heavy atom. The van der Waals surface area contributed by atoms with Crippen molar-refractivity contribution in [2.45, 2.75) is 18.9 Å². The molecule has 0 aliphatic carbocycles. The van der Waals surface area contributed by atoms with Gasteiger partial charge >= 0.3 is 0 Å². The van der Waals surface area contributed by atoms with E-state index in [1.807, 2.05) is 36.4 Å². The molecular weight excluding hydrogens is 499 g/mol. The number of carbonyl (C=O) groups excluding carboxylic acids is 3. The van der Waals surface area contributed by atoms with Crippen molar-refractivity contribution in [1.82, 2.24) is 5.32 Å². The molecule has 36 heavy (non-hydrogen) atoms. The summed E-state index contributed by atoms with van der Waals surface area (Å²) in [6, 6.07) is 17.4. The first-order valence-corrected chi connectivity index (χ1v) is 12.2. The van der Waals surface area contributed by atoms with Crippen molar-refractivity contribution in [1.29, 1.82) is 0 Å². The molecule has 0 saturated heterocycles. The van der Waals surface area contributed by atoms with Crippen LogP contribution < -0.4 is 15.5 Å². The molecule has 0 bridgehead atoms. The first-order chi connectivity index (χ1) is 17.3. The Kier molecular flexibility index (Phi) is 6.51. The molecule has 0 spiro atoms. The Morgan fingerprint density at radius 3 is 2.69 bits per heavy atom. The minimum absolute atomic E-state index is 0.0736. The number of fused-ring (bicyclic) bond motifs is 2. The van der Waals surface area contributed by atoms with Crippen LogP contribution in [0.15, 0.2) is 65.7 Å². The number of benzene rings is 3. The average molecular weight is 521 g/mol. The lowest BCUT2D eigenvalue weighted by atomic mass is 9.98. The third-order valence-corrected chi connectivity index (χ3v) is 6.93. The molecule has 2 aliphatic heterocycles. The molecule has 2 aliphatic rings. The van der Waals surface area contributed by atoms with Gasteiger partial charge in [-0.2, -0.15) is 0 Å². The van der Waals surface area contributed by atoms with Crippen molar-refractivity contribution in [2.75, 3.05) is 23.8 Å². The normalized spacial score (nSPS) is 16.6. The van der Waals surface area contributed by atoms with Crippen molar-refractivity contribution in [3.8, 4) is 0 Å². The predicted molar refractivity (Wildman–Crippen MR) is 141 cm³/mol. The quantitative estimate of drug-likeness (QED) is 0.532. The highest BCUT2D eigenvalue weighted by Gasteiger charge is 2.31. The second kappa shape index (κ2) is 9.76. The first kappa shape index (κ1) is 24.0. The summed E-state index contributed by atoms with van der Waals surface area (Å²) in [6.45, 7) is -0.0736. The molecule has 182 valence electrons. The van der Waals surface area contributed by atoms with Gasteiger partial charge in [-0.3, -0.25) is 19.4 Å². The molecule has 0 radical (unpaired) electrons. The lowest BCUT2D eigenvalue weighted by Gasteiger charge is -2.18. The fourth-order valence-electron chi connectivity index (χ4n) is 4.46. The van der Waals surface area contributed by atoms with Crippen LogP contribution in [0.1, 0.15) is 22.3 Å². The smallest absolute Gasteiger partial charge is 0.249 e. The Labute approximate surface area is 218 Å². The molecule has 9 heteroatoms. The predicted octanol–water partition coefficient (Wildman–Crippen LogP) is 4.03. The van der Waals surface area contributed by atoms with Crippen LogP contribution in [0.4, 0.5) is 11.4 Å². The van der Waals surface area contributed by atoms with Crippen LogP contribution in [0.2, 0.25) is 10.0 Å². The van der Waals surface area contributed by atoms with E-state index in [4.69, 9.17) is 28.2 Å². The van der Waals surface area contributed by atoms with Crippen LogP contribution in [0.5, 0.6) is 0 Å². The van der Waals surface area contributed by atoms with Crippen molar-refractivity contribution in [3.63, 3.8) is 0 Å². The molecule has 0 saturated carbocycles. The number of hydrogen-bond donors (Lipinski definition) is 2. The summed E-state index contributed by atoms with van der Waals surface area (Å²) in [5.74, 6) is -0.670. The highest BCUT2D eigenvalue weighted by molar-refractivity contribution is 6.32.